The van der Waals surface area contributed by atoms with Gasteiger partial charge in [-0.2, -0.15) is 0 Å². The monoisotopic (exact) mass is 261 g/mol. The summed E-state index contributed by atoms with van der Waals surface area (Å²) in [5, 5.41) is 0. The molecular formula is C14H16FN3O. The Morgan fingerprint density at radius 3 is 2.89 bits per heavy atom. The van der Waals surface area contributed by atoms with E-state index in [-0.39, 0.29) is 0 Å². The fourth-order valence-corrected chi connectivity index (χ4v) is 1.72. The van der Waals surface area contributed by atoms with Crippen LogP contribution >= 0.6 is 0 Å². The topological polar surface area (TPSA) is 61.0 Å². The van der Waals surface area contributed by atoms with Crippen molar-refractivity contribution in [2.24, 2.45) is 5.73 Å². The van der Waals surface area contributed by atoms with E-state index in [2.05, 4.69) is 9.97 Å². The first-order valence-corrected chi connectivity index (χ1v) is 6.18. The molecular weight excluding hydrogens is 245 g/mol. The molecule has 0 saturated carbocycles. The first-order chi connectivity index (χ1) is 9.26. The lowest BCUT2D eigenvalue weighted by atomic mass is 10.1. The van der Waals surface area contributed by atoms with E-state index < -0.39 is 5.82 Å². The van der Waals surface area contributed by atoms with Crippen molar-refractivity contribution in [3.63, 3.8) is 0 Å². The van der Waals surface area contributed by atoms with Crippen LogP contribution in [-0.4, -0.2) is 16.6 Å². The van der Waals surface area contributed by atoms with E-state index in [0.29, 0.717) is 30.2 Å². The second-order valence-electron chi connectivity index (χ2n) is 4.09. The highest BCUT2D eigenvalue weighted by Crippen LogP contribution is 2.25. The van der Waals surface area contributed by atoms with Gasteiger partial charge in [0.15, 0.2) is 5.82 Å². The number of hydrogen-bond donors (Lipinski definition) is 1. The molecule has 0 saturated heterocycles. The minimum atomic E-state index is -0.403. The van der Waals surface area contributed by atoms with Crippen LogP contribution in [0.25, 0.3) is 11.3 Å². The van der Waals surface area contributed by atoms with E-state index in [1.807, 2.05) is 6.92 Å². The largest absolute Gasteiger partial charge is 0.492 e. The van der Waals surface area contributed by atoms with Crippen LogP contribution in [0.3, 0.4) is 0 Å². The van der Waals surface area contributed by atoms with Crippen molar-refractivity contribution in [2.45, 2.75) is 19.9 Å². The third-order valence-electron chi connectivity index (χ3n) is 2.68. The smallest absolute Gasteiger partial charge is 0.150 e. The molecule has 0 aliphatic rings. The minimum Gasteiger partial charge on any atom is -0.492 e. The molecule has 2 N–H and O–H groups in total. The van der Waals surface area contributed by atoms with Crippen molar-refractivity contribution >= 4 is 0 Å². The molecule has 2 heterocycles. The summed E-state index contributed by atoms with van der Waals surface area (Å²) >= 11 is 0. The number of nitrogens with two attached hydrogens (primary N) is 1. The average molecular weight is 261 g/mol. The number of nitrogens with zero attached hydrogens (tertiary/aromatic N) is 2. The van der Waals surface area contributed by atoms with Gasteiger partial charge in [0.25, 0.3) is 0 Å². The fourth-order valence-electron chi connectivity index (χ4n) is 1.72. The van der Waals surface area contributed by atoms with E-state index in [1.54, 1.807) is 18.3 Å². The van der Waals surface area contributed by atoms with Gasteiger partial charge in [0.1, 0.15) is 5.75 Å². The molecule has 2 rings (SSSR count). The van der Waals surface area contributed by atoms with Crippen molar-refractivity contribution in [3.8, 4) is 17.0 Å². The third kappa shape index (κ3) is 3.06. The Morgan fingerprint density at radius 2 is 2.21 bits per heavy atom. The van der Waals surface area contributed by atoms with Gasteiger partial charge in [-0.05, 0) is 18.6 Å². The summed E-state index contributed by atoms with van der Waals surface area (Å²) in [7, 11) is 0. The van der Waals surface area contributed by atoms with Crippen LogP contribution < -0.4 is 10.5 Å². The highest BCUT2D eigenvalue weighted by Gasteiger charge is 2.10. The Hall–Kier alpha value is -2.01. The lowest BCUT2D eigenvalue weighted by Crippen LogP contribution is -2.04. The molecule has 4 nitrogen and oxygen atoms in total. The lowest BCUT2D eigenvalue weighted by molar-refractivity contribution is 0.313. The third-order valence-corrected chi connectivity index (χ3v) is 2.68. The number of aromatic nitrogens is 2. The number of halogens is 1. The highest BCUT2D eigenvalue weighted by atomic mass is 19.1. The van der Waals surface area contributed by atoms with E-state index in [1.165, 1.54) is 12.4 Å². The van der Waals surface area contributed by atoms with E-state index in [4.69, 9.17) is 10.5 Å². The average Bonchev–Trinajstić information content (AvgIpc) is 2.45. The molecule has 0 amide bonds. The van der Waals surface area contributed by atoms with Gasteiger partial charge >= 0.3 is 0 Å². The molecule has 0 aliphatic carbocycles. The number of hydrogen-bond acceptors (Lipinski definition) is 4. The molecule has 0 spiro atoms. The molecule has 0 atom stereocenters. The van der Waals surface area contributed by atoms with Gasteiger partial charge in [0.2, 0.25) is 0 Å². The first kappa shape index (κ1) is 13.4. The summed E-state index contributed by atoms with van der Waals surface area (Å²) in [5.41, 5.74) is 7.45. The molecule has 0 aliphatic heterocycles. The summed E-state index contributed by atoms with van der Waals surface area (Å²) in [5.74, 6) is 0.253. The van der Waals surface area contributed by atoms with Crippen molar-refractivity contribution in [1.82, 2.24) is 9.97 Å². The number of pyridine rings is 2. The molecule has 19 heavy (non-hydrogen) atoms. The maximum atomic E-state index is 13.6. The van der Waals surface area contributed by atoms with Crippen molar-refractivity contribution in [2.75, 3.05) is 6.61 Å². The summed E-state index contributed by atoms with van der Waals surface area (Å²) < 4.78 is 19.2. The van der Waals surface area contributed by atoms with Gasteiger partial charge in [-0.1, -0.05) is 6.92 Å². The van der Waals surface area contributed by atoms with Gasteiger partial charge in [0, 0.05) is 23.9 Å². The molecule has 0 fully saturated rings. The molecule has 0 aromatic carbocycles. The lowest BCUT2D eigenvalue weighted by Gasteiger charge is -2.11. The van der Waals surface area contributed by atoms with Crippen LogP contribution in [0.5, 0.6) is 5.75 Å². The highest BCUT2D eigenvalue weighted by molar-refractivity contribution is 5.61. The van der Waals surface area contributed by atoms with Crippen LogP contribution in [-0.2, 0) is 6.54 Å². The summed E-state index contributed by atoms with van der Waals surface area (Å²) in [4.78, 5) is 7.94. The standard InChI is InChI=1S/C14H16FN3O/c1-2-5-19-14-9-18-13(6-10(14)7-16)11-3-4-17-8-12(11)15/h3-4,6,8-9H,2,5,7,16H2,1H3. The molecule has 100 valence electrons. The van der Waals surface area contributed by atoms with Gasteiger partial charge < -0.3 is 10.5 Å². The zero-order valence-corrected chi connectivity index (χ0v) is 10.8. The Bertz CT molecular complexity index is 560. The Balaban J connectivity index is 2.36. The Labute approximate surface area is 111 Å². The van der Waals surface area contributed by atoms with Crippen molar-refractivity contribution in [1.29, 1.82) is 0 Å². The molecule has 5 heteroatoms. The predicted octanol–water partition coefficient (Wildman–Crippen LogP) is 2.53. The first-order valence-electron chi connectivity index (χ1n) is 6.18. The maximum Gasteiger partial charge on any atom is 0.150 e. The molecule has 0 bridgehead atoms. The van der Waals surface area contributed by atoms with E-state index in [9.17, 15) is 4.39 Å². The molecule has 0 radical (unpaired) electrons. The maximum absolute atomic E-state index is 13.6. The van der Waals surface area contributed by atoms with Crippen LogP contribution in [0.2, 0.25) is 0 Å². The minimum absolute atomic E-state index is 0.321. The van der Waals surface area contributed by atoms with Crippen molar-refractivity contribution < 1.29 is 9.13 Å². The summed E-state index contributed by atoms with van der Waals surface area (Å²) in [6.07, 6.45) is 5.20. The number of ether oxygens (including phenoxy) is 1. The summed E-state index contributed by atoms with van der Waals surface area (Å²) in [6, 6.07) is 3.34. The summed E-state index contributed by atoms with van der Waals surface area (Å²) in [6.45, 7) is 2.95. The van der Waals surface area contributed by atoms with Crippen LogP contribution in [0, 0.1) is 5.82 Å². The van der Waals surface area contributed by atoms with Crippen LogP contribution in [0.15, 0.2) is 30.7 Å². The van der Waals surface area contributed by atoms with Crippen molar-refractivity contribution in [3.05, 3.63) is 42.1 Å². The Kier molecular flexibility index (Phi) is 4.41. The molecule has 0 unspecified atom stereocenters. The molecule has 2 aromatic rings. The predicted molar refractivity (Wildman–Crippen MR) is 71.1 cm³/mol. The van der Waals surface area contributed by atoms with Crippen LogP contribution in [0.4, 0.5) is 4.39 Å². The zero-order valence-electron chi connectivity index (χ0n) is 10.8. The quantitative estimate of drug-likeness (QED) is 0.898. The van der Waals surface area contributed by atoms with Gasteiger partial charge in [-0.3, -0.25) is 9.97 Å². The van der Waals surface area contributed by atoms with Crippen LogP contribution in [0.1, 0.15) is 18.9 Å². The number of rotatable bonds is 5. The van der Waals surface area contributed by atoms with Gasteiger partial charge in [-0.15, -0.1) is 0 Å². The van der Waals surface area contributed by atoms with E-state index in [0.717, 1.165) is 12.0 Å². The normalized spacial score (nSPS) is 10.5. The molecule has 2 aromatic heterocycles. The Morgan fingerprint density at radius 1 is 1.37 bits per heavy atom. The van der Waals surface area contributed by atoms with Gasteiger partial charge in [0.05, 0.1) is 24.7 Å². The second kappa shape index (κ2) is 6.24. The fraction of sp³-hybridized carbons (Fsp3) is 0.286. The zero-order chi connectivity index (χ0) is 13.7. The van der Waals surface area contributed by atoms with E-state index >= 15 is 0 Å². The van der Waals surface area contributed by atoms with Gasteiger partial charge in [-0.25, -0.2) is 4.39 Å². The SMILES string of the molecule is CCCOc1cnc(-c2ccncc2F)cc1CN. The second-order valence-corrected chi connectivity index (χ2v) is 4.09.